The number of unbranched alkanes of at least 4 members (excludes halogenated alkanes) is 10. The van der Waals surface area contributed by atoms with Gasteiger partial charge in [-0.1, -0.05) is 90.9 Å². The lowest BCUT2D eigenvalue weighted by atomic mass is 9.61. The first-order chi connectivity index (χ1) is 10.2. The van der Waals surface area contributed by atoms with Crippen molar-refractivity contribution in [2.45, 2.75) is 123 Å². The summed E-state index contributed by atoms with van der Waals surface area (Å²) in [5.41, 5.74) is 0.537. The van der Waals surface area contributed by atoms with E-state index >= 15 is 0 Å². The molecule has 1 aliphatic carbocycles. The van der Waals surface area contributed by atoms with Gasteiger partial charge >= 0.3 is 0 Å². The van der Waals surface area contributed by atoms with Gasteiger partial charge in [-0.25, -0.2) is 0 Å². The monoisotopic (exact) mass is 296 g/mol. The Morgan fingerprint density at radius 3 is 1.43 bits per heavy atom. The Bertz CT molecular complexity index is 212. The van der Waals surface area contributed by atoms with Crippen molar-refractivity contribution in [3.05, 3.63) is 0 Å². The average Bonchev–Trinajstić information content (AvgIpc) is 2.44. The molecule has 0 saturated heterocycles. The Hall–Kier alpha value is -0.0400. The fourth-order valence-electron chi connectivity index (χ4n) is 4.03. The zero-order valence-electron chi connectivity index (χ0n) is 14.8. The summed E-state index contributed by atoms with van der Waals surface area (Å²) < 4.78 is 0. The maximum absolute atomic E-state index is 9.73. The van der Waals surface area contributed by atoms with Gasteiger partial charge in [0.2, 0.25) is 0 Å². The first-order valence-corrected chi connectivity index (χ1v) is 9.90. The van der Waals surface area contributed by atoms with Crippen LogP contribution < -0.4 is 0 Å². The van der Waals surface area contributed by atoms with E-state index in [4.69, 9.17) is 0 Å². The normalized spacial score (nSPS) is 17.9. The zero-order chi connectivity index (χ0) is 15.4. The molecule has 0 aliphatic heterocycles. The van der Waals surface area contributed by atoms with Gasteiger partial charge in [0.15, 0.2) is 0 Å². The molecule has 21 heavy (non-hydrogen) atoms. The third kappa shape index (κ3) is 8.24. The maximum atomic E-state index is 9.73. The highest BCUT2D eigenvalue weighted by Crippen LogP contribution is 2.49. The van der Waals surface area contributed by atoms with Crippen LogP contribution in [0.25, 0.3) is 0 Å². The van der Waals surface area contributed by atoms with Gasteiger partial charge in [0.1, 0.15) is 0 Å². The van der Waals surface area contributed by atoms with Gasteiger partial charge in [0, 0.05) is 0 Å². The van der Waals surface area contributed by atoms with E-state index in [1.165, 1.54) is 89.9 Å². The Morgan fingerprint density at radius 1 is 0.667 bits per heavy atom. The molecule has 0 spiro atoms. The molecule has 0 bridgehead atoms. The van der Waals surface area contributed by atoms with Gasteiger partial charge in [0.25, 0.3) is 0 Å². The van der Waals surface area contributed by atoms with Crippen molar-refractivity contribution in [2.24, 2.45) is 5.41 Å². The molecule has 126 valence electrons. The molecule has 0 aromatic carbocycles. The van der Waals surface area contributed by atoms with E-state index in [-0.39, 0.29) is 6.10 Å². The summed E-state index contributed by atoms with van der Waals surface area (Å²) in [4.78, 5) is 0. The van der Waals surface area contributed by atoms with Crippen molar-refractivity contribution in [3.8, 4) is 0 Å². The van der Waals surface area contributed by atoms with Gasteiger partial charge in [-0.2, -0.15) is 0 Å². The Kier molecular flexibility index (Phi) is 10.4. The Balaban J connectivity index is 2.07. The van der Waals surface area contributed by atoms with Crippen molar-refractivity contribution in [1.29, 1.82) is 0 Å². The molecule has 1 rings (SSSR count). The predicted octanol–water partition coefficient (Wildman–Crippen LogP) is 6.63. The summed E-state index contributed by atoms with van der Waals surface area (Å²) in [7, 11) is 0. The zero-order valence-corrected chi connectivity index (χ0v) is 14.8. The van der Waals surface area contributed by atoms with Crippen LogP contribution in [0.1, 0.15) is 117 Å². The van der Waals surface area contributed by atoms with E-state index in [0.717, 1.165) is 12.8 Å². The van der Waals surface area contributed by atoms with E-state index in [1.54, 1.807) is 0 Å². The van der Waals surface area contributed by atoms with E-state index < -0.39 is 0 Å². The van der Waals surface area contributed by atoms with E-state index in [1.807, 2.05) is 0 Å². The smallest absolute Gasteiger partial charge is 0.0550 e. The molecule has 0 heterocycles. The van der Waals surface area contributed by atoms with Gasteiger partial charge < -0.3 is 5.11 Å². The van der Waals surface area contributed by atoms with Crippen LogP contribution in [0.15, 0.2) is 0 Å². The highest BCUT2D eigenvalue weighted by molar-refractivity contribution is 4.93. The third-order valence-corrected chi connectivity index (χ3v) is 5.46. The first kappa shape index (κ1) is 19.0. The third-order valence-electron chi connectivity index (χ3n) is 5.46. The predicted molar refractivity (Wildman–Crippen MR) is 93.7 cm³/mol. The summed E-state index contributed by atoms with van der Waals surface area (Å²) in [6.07, 6.45) is 21.8. The Labute approximate surface area is 133 Å². The van der Waals surface area contributed by atoms with Crippen LogP contribution >= 0.6 is 0 Å². The molecule has 0 aromatic heterocycles. The van der Waals surface area contributed by atoms with Crippen molar-refractivity contribution in [1.82, 2.24) is 0 Å². The molecule has 0 unspecified atom stereocenters. The molecule has 1 N–H and O–H groups in total. The largest absolute Gasteiger partial charge is 0.393 e. The molecule has 0 amide bonds. The van der Waals surface area contributed by atoms with Crippen LogP contribution in [-0.4, -0.2) is 11.2 Å². The molecule has 1 aliphatic rings. The molecular weight excluding hydrogens is 256 g/mol. The van der Waals surface area contributed by atoms with Crippen molar-refractivity contribution >= 4 is 0 Å². The van der Waals surface area contributed by atoms with Crippen LogP contribution in [0.2, 0.25) is 0 Å². The summed E-state index contributed by atoms with van der Waals surface area (Å²) in [5, 5.41) is 9.73. The van der Waals surface area contributed by atoms with E-state index in [0.29, 0.717) is 5.41 Å². The van der Waals surface area contributed by atoms with E-state index in [2.05, 4.69) is 13.8 Å². The maximum Gasteiger partial charge on any atom is 0.0550 e. The van der Waals surface area contributed by atoms with Crippen LogP contribution in [0, 0.1) is 5.41 Å². The van der Waals surface area contributed by atoms with Gasteiger partial charge in [0.05, 0.1) is 6.10 Å². The molecule has 0 atom stereocenters. The summed E-state index contributed by atoms with van der Waals surface area (Å²) in [6.45, 7) is 4.57. The second-order valence-electron chi connectivity index (χ2n) is 7.60. The van der Waals surface area contributed by atoms with Gasteiger partial charge in [-0.15, -0.1) is 0 Å². The van der Waals surface area contributed by atoms with Crippen LogP contribution in [-0.2, 0) is 0 Å². The van der Waals surface area contributed by atoms with Crippen molar-refractivity contribution in [3.63, 3.8) is 0 Å². The van der Waals surface area contributed by atoms with Crippen molar-refractivity contribution in [2.75, 3.05) is 0 Å². The molecule has 0 aromatic rings. The Morgan fingerprint density at radius 2 is 1.05 bits per heavy atom. The molecule has 1 fully saturated rings. The lowest BCUT2D eigenvalue weighted by Crippen LogP contribution is -2.40. The molecule has 1 nitrogen and oxygen atoms in total. The standard InChI is InChI=1S/C20H40O/c1-3-5-7-9-11-13-15-20(17-19(21)18-20)16-14-12-10-8-6-4-2/h19,21H,3-18H2,1-2H3. The van der Waals surface area contributed by atoms with Crippen molar-refractivity contribution < 1.29 is 5.11 Å². The fraction of sp³-hybridized carbons (Fsp3) is 1.00. The lowest BCUT2D eigenvalue weighted by molar-refractivity contribution is -0.0455. The fourth-order valence-corrected chi connectivity index (χ4v) is 4.03. The summed E-state index contributed by atoms with van der Waals surface area (Å²) >= 11 is 0. The number of aliphatic hydroxyl groups is 1. The number of rotatable bonds is 14. The average molecular weight is 297 g/mol. The lowest BCUT2D eigenvalue weighted by Gasteiger charge is -2.46. The molecule has 1 heteroatoms. The molecular formula is C20H40O. The summed E-state index contributed by atoms with van der Waals surface area (Å²) in [6, 6.07) is 0. The molecule has 1 saturated carbocycles. The summed E-state index contributed by atoms with van der Waals surface area (Å²) in [5.74, 6) is 0. The topological polar surface area (TPSA) is 20.2 Å². The van der Waals surface area contributed by atoms with Crippen LogP contribution in [0.4, 0.5) is 0 Å². The number of hydrogen-bond donors (Lipinski definition) is 1. The minimum absolute atomic E-state index is 0.0187. The van der Waals surface area contributed by atoms with Crippen LogP contribution in [0.5, 0.6) is 0 Å². The van der Waals surface area contributed by atoms with E-state index in [9.17, 15) is 5.11 Å². The minimum atomic E-state index is 0.0187. The second-order valence-corrected chi connectivity index (χ2v) is 7.60. The SMILES string of the molecule is CCCCCCCCC1(CCCCCCCC)CC(O)C1. The van der Waals surface area contributed by atoms with Gasteiger partial charge in [-0.05, 0) is 31.1 Å². The minimum Gasteiger partial charge on any atom is -0.393 e. The number of hydrogen-bond acceptors (Lipinski definition) is 1. The van der Waals surface area contributed by atoms with Gasteiger partial charge in [-0.3, -0.25) is 0 Å². The first-order valence-electron chi connectivity index (χ1n) is 9.90. The number of aliphatic hydroxyl groups excluding tert-OH is 1. The van der Waals surface area contributed by atoms with Crippen LogP contribution in [0.3, 0.4) is 0 Å². The quantitative estimate of drug-likeness (QED) is 0.357. The molecule has 0 radical (unpaired) electrons. The highest BCUT2D eigenvalue weighted by atomic mass is 16.3. The second kappa shape index (κ2) is 11.5. The highest BCUT2D eigenvalue weighted by Gasteiger charge is 2.41.